The van der Waals surface area contributed by atoms with Gasteiger partial charge in [0.1, 0.15) is 12.6 Å². The maximum absolute atomic E-state index is 13.2. The number of nitrogens with zero attached hydrogens (tertiary/aromatic N) is 1. The lowest BCUT2D eigenvalue weighted by Gasteiger charge is -2.24. The van der Waals surface area contributed by atoms with Gasteiger partial charge >= 0.3 is 6.09 Å². The molecule has 2 fully saturated rings. The first-order chi connectivity index (χ1) is 7.09. The molecule has 5 heteroatoms. The summed E-state index contributed by atoms with van der Waals surface area (Å²) in [6.07, 6.45) is 1.90. The Morgan fingerprint density at radius 2 is 2.40 bits per heavy atom. The van der Waals surface area contributed by atoms with Gasteiger partial charge in [-0.1, -0.05) is 12.7 Å². The standard InChI is InChI=1S/C10H13F2NO2/c1-2-6-15-9(14)13-5-3-4-7-8(13)10(7,11)12/h2,7-8H,1,3-6H2. The van der Waals surface area contributed by atoms with Gasteiger partial charge in [0.25, 0.3) is 5.92 Å². The van der Waals surface area contributed by atoms with E-state index in [4.69, 9.17) is 4.74 Å². The van der Waals surface area contributed by atoms with E-state index < -0.39 is 24.0 Å². The zero-order chi connectivity index (χ0) is 11.1. The molecule has 2 rings (SSSR count). The lowest BCUT2D eigenvalue weighted by Crippen LogP contribution is -2.39. The van der Waals surface area contributed by atoms with Crippen LogP contribution in [0, 0.1) is 5.92 Å². The minimum Gasteiger partial charge on any atom is -0.445 e. The van der Waals surface area contributed by atoms with Gasteiger partial charge in [0.15, 0.2) is 0 Å². The van der Waals surface area contributed by atoms with E-state index >= 15 is 0 Å². The van der Waals surface area contributed by atoms with E-state index in [1.54, 1.807) is 0 Å². The maximum atomic E-state index is 13.2. The number of hydrogen-bond donors (Lipinski definition) is 0. The van der Waals surface area contributed by atoms with Crippen LogP contribution in [-0.4, -0.2) is 36.1 Å². The Balaban J connectivity index is 1.98. The fourth-order valence-electron chi connectivity index (χ4n) is 2.19. The fraction of sp³-hybridized carbons (Fsp3) is 0.700. The van der Waals surface area contributed by atoms with Gasteiger partial charge in [0.05, 0.1) is 5.92 Å². The smallest absolute Gasteiger partial charge is 0.410 e. The topological polar surface area (TPSA) is 29.5 Å². The second-order valence-corrected chi connectivity index (χ2v) is 3.93. The van der Waals surface area contributed by atoms with Crippen molar-refractivity contribution in [2.24, 2.45) is 5.92 Å². The molecule has 1 aliphatic carbocycles. The normalized spacial score (nSPS) is 31.7. The molecule has 1 saturated heterocycles. The van der Waals surface area contributed by atoms with Crippen LogP contribution in [0.2, 0.25) is 0 Å². The van der Waals surface area contributed by atoms with Crippen LogP contribution in [0.3, 0.4) is 0 Å². The summed E-state index contributed by atoms with van der Waals surface area (Å²) >= 11 is 0. The van der Waals surface area contributed by atoms with Crippen LogP contribution in [0.15, 0.2) is 12.7 Å². The molecule has 0 radical (unpaired) electrons. The molecular weight excluding hydrogens is 204 g/mol. The first-order valence-electron chi connectivity index (χ1n) is 5.01. The molecule has 2 atom stereocenters. The van der Waals surface area contributed by atoms with Gasteiger partial charge in [-0.3, -0.25) is 4.90 Å². The predicted molar refractivity (Wildman–Crippen MR) is 49.7 cm³/mol. The van der Waals surface area contributed by atoms with E-state index in [2.05, 4.69) is 6.58 Å². The van der Waals surface area contributed by atoms with E-state index in [-0.39, 0.29) is 6.61 Å². The van der Waals surface area contributed by atoms with Crippen LogP contribution in [0.1, 0.15) is 12.8 Å². The van der Waals surface area contributed by atoms with Crippen LogP contribution in [0.5, 0.6) is 0 Å². The van der Waals surface area contributed by atoms with Gasteiger partial charge in [-0.15, -0.1) is 0 Å². The van der Waals surface area contributed by atoms with Gasteiger partial charge in [0, 0.05) is 6.54 Å². The number of carbonyl (C=O) groups excluding carboxylic acids is 1. The third-order valence-electron chi connectivity index (χ3n) is 2.97. The van der Waals surface area contributed by atoms with Crippen molar-refractivity contribution in [2.75, 3.05) is 13.2 Å². The van der Waals surface area contributed by atoms with E-state index in [0.717, 1.165) is 4.90 Å². The molecule has 15 heavy (non-hydrogen) atoms. The van der Waals surface area contributed by atoms with E-state index in [9.17, 15) is 13.6 Å². The summed E-state index contributed by atoms with van der Waals surface area (Å²) in [6, 6.07) is -0.927. The first-order valence-corrected chi connectivity index (χ1v) is 5.01. The summed E-state index contributed by atoms with van der Waals surface area (Å²) in [7, 11) is 0. The number of halogens is 2. The Labute approximate surface area is 86.7 Å². The highest BCUT2D eigenvalue weighted by Gasteiger charge is 2.72. The third-order valence-corrected chi connectivity index (χ3v) is 2.97. The SMILES string of the molecule is C=CCOC(=O)N1CCCC2C1C2(F)F. The molecule has 3 nitrogen and oxygen atoms in total. The average molecular weight is 217 g/mol. The second kappa shape index (κ2) is 3.47. The number of amides is 1. The highest BCUT2D eigenvalue weighted by atomic mass is 19.3. The number of rotatable bonds is 2. The number of carbonyl (C=O) groups is 1. The summed E-state index contributed by atoms with van der Waals surface area (Å²) in [5.74, 6) is -3.36. The van der Waals surface area contributed by atoms with Crippen molar-refractivity contribution >= 4 is 6.09 Å². The van der Waals surface area contributed by atoms with Crippen molar-refractivity contribution in [2.45, 2.75) is 24.8 Å². The number of likely N-dealkylation sites (tertiary alicyclic amines) is 1. The van der Waals surface area contributed by atoms with E-state index in [0.29, 0.717) is 19.4 Å². The fourth-order valence-corrected chi connectivity index (χ4v) is 2.19. The van der Waals surface area contributed by atoms with Gasteiger partial charge in [-0.2, -0.15) is 0 Å². The molecule has 84 valence electrons. The summed E-state index contributed by atoms with van der Waals surface area (Å²) in [5, 5.41) is 0. The molecule has 2 aliphatic rings. The lowest BCUT2D eigenvalue weighted by atomic mass is 10.1. The van der Waals surface area contributed by atoms with Crippen molar-refractivity contribution < 1.29 is 18.3 Å². The number of piperidine rings is 1. The van der Waals surface area contributed by atoms with Gasteiger partial charge in [-0.25, -0.2) is 13.6 Å². The summed E-state index contributed by atoms with van der Waals surface area (Å²) in [4.78, 5) is 12.6. The Morgan fingerprint density at radius 3 is 3.07 bits per heavy atom. The third kappa shape index (κ3) is 1.60. The minimum absolute atomic E-state index is 0.0677. The molecular formula is C10H13F2NO2. The summed E-state index contributed by atoms with van der Waals surface area (Å²) in [5.41, 5.74) is 0. The number of hydrogen-bond acceptors (Lipinski definition) is 2. The molecule has 1 amide bonds. The molecule has 1 saturated carbocycles. The predicted octanol–water partition coefficient (Wildman–Crippen LogP) is 2.04. The quantitative estimate of drug-likeness (QED) is 0.662. The van der Waals surface area contributed by atoms with Crippen molar-refractivity contribution in [1.82, 2.24) is 4.90 Å². The van der Waals surface area contributed by atoms with E-state index in [1.807, 2.05) is 0 Å². The second-order valence-electron chi connectivity index (χ2n) is 3.93. The van der Waals surface area contributed by atoms with Crippen LogP contribution in [0.25, 0.3) is 0 Å². The zero-order valence-corrected chi connectivity index (χ0v) is 8.29. The molecule has 0 N–H and O–H groups in total. The van der Waals surface area contributed by atoms with Crippen LogP contribution >= 0.6 is 0 Å². The zero-order valence-electron chi connectivity index (χ0n) is 8.29. The summed E-state index contributed by atoms with van der Waals surface area (Å²) in [6.45, 7) is 3.83. The highest BCUT2D eigenvalue weighted by molar-refractivity contribution is 5.69. The molecule has 0 aromatic rings. The number of alkyl halides is 2. The largest absolute Gasteiger partial charge is 0.445 e. The van der Waals surface area contributed by atoms with E-state index in [1.165, 1.54) is 6.08 Å². The number of ether oxygens (including phenoxy) is 1. The van der Waals surface area contributed by atoms with Crippen LogP contribution in [0.4, 0.5) is 13.6 Å². The average Bonchev–Trinajstić information content (AvgIpc) is 2.79. The molecule has 0 spiro atoms. The lowest BCUT2D eigenvalue weighted by molar-refractivity contribution is 0.0595. The molecule has 2 unspecified atom stereocenters. The molecule has 1 aliphatic heterocycles. The molecule has 0 aromatic heterocycles. The van der Waals surface area contributed by atoms with Crippen LogP contribution < -0.4 is 0 Å². The Kier molecular flexibility index (Phi) is 2.40. The van der Waals surface area contributed by atoms with Gasteiger partial charge in [-0.05, 0) is 12.8 Å². The summed E-state index contributed by atoms with van der Waals surface area (Å²) < 4.78 is 31.1. The highest BCUT2D eigenvalue weighted by Crippen LogP contribution is 2.56. The Bertz CT molecular complexity index is 293. The van der Waals surface area contributed by atoms with Crippen LogP contribution in [-0.2, 0) is 4.74 Å². The van der Waals surface area contributed by atoms with Gasteiger partial charge in [0.2, 0.25) is 0 Å². The van der Waals surface area contributed by atoms with Crippen molar-refractivity contribution in [3.8, 4) is 0 Å². The molecule has 0 bridgehead atoms. The van der Waals surface area contributed by atoms with Gasteiger partial charge < -0.3 is 4.74 Å². The Hall–Kier alpha value is -1.13. The van der Waals surface area contributed by atoms with Crippen molar-refractivity contribution in [3.05, 3.63) is 12.7 Å². The first kappa shape index (κ1) is 10.4. The molecule has 1 heterocycles. The maximum Gasteiger partial charge on any atom is 0.410 e. The monoisotopic (exact) mass is 217 g/mol. The minimum atomic E-state index is -2.70. The number of fused-ring (bicyclic) bond motifs is 1. The molecule has 0 aromatic carbocycles. The van der Waals surface area contributed by atoms with Crippen molar-refractivity contribution in [3.63, 3.8) is 0 Å². The Morgan fingerprint density at radius 1 is 1.67 bits per heavy atom. The van der Waals surface area contributed by atoms with Crippen molar-refractivity contribution in [1.29, 1.82) is 0 Å².